The fourth-order valence-corrected chi connectivity index (χ4v) is 3.06. The summed E-state index contributed by atoms with van der Waals surface area (Å²) in [5, 5.41) is 0.185. The van der Waals surface area contributed by atoms with Crippen molar-refractivity contribution in [3.63, 3.8) is 0 Å². The Bertz CT molecular complexity index is 554. The maximum Gasteiger partial charge on any atom is 0.227 e. The van der Waals surface area contributed by atoms with Gasteiger partial charge in [0, 0.05) is 24.4 Å². The summed E-state index contributed by atoms with van der Waals surface area (Å²) in [6.07, 6.45) is 1.72. The number of likely N-dealkylation sites (tertiary alicyclic amines) is 1. The monoisotopic (exact) mass is 331 g/mol. The zero-order valence-electron chi connectivity index (χ0n) is 12.5. The molecule has 1 unspecified atom stereocenters. The Kier molecular flexibility index (Phi) is 4.84. The van der Waals surface area contributed by atoms with E-state index in [9.17, 15) is 9.18 Å². The Morgan fingerprint density at radius 3 is 2.62 bits per heavy atom. The van der Waals surface area contributed by atoms with E-state index in [4.69, 9.17) is 23.2 Å². The van der Waals surface area contributed by atoms with E-state index in [1.807, 2.05) is 25.7 Å². The molecule has 0 saturated carbocycles. The molecule has 2 rings (SSSR count). The quantitative estimate of drug-likeness (QED) is 0.671. The van der Waals surface area contributed by atoms with Gasteiger partial charge in [0.2, 0.25) is 5.91 Å². The second-order valence-corrected chi connectivity index (χ2v) is 7.39. The van der Waals surface area contributed by atoms with Crippen LogP contribution in [-0.2, 0) is 4.79 Å². The van der Waals surface area contributed by atoms with Crippen molar-refractivity contribution in [1.82, 2.24) is 4.90 Å². The number of rotatable bonds is 1. The first-order chi connectivity index (χ1) is 9.71. The summed E-state index contributed by atoms with van der Waals surface area (Å²) in [6.45, 7) is 6.97. The number of hydrogen-bond donors (Lipinski definition) is 0. The van der Waals surface area contributed by atoms with E-state index in [-0.39, 0.29) is 21.9 Å². The highest BCUT2D eigenvalue weighted by molar-refractivity contribution is 6.42. The lowest BCUT2D eigenvalue weighted by Gasteiger charge is -2.36. The second kappa shape index (κ2) is 6.13. The maximum atomic E-state index is 14.3. The SMILES string of the molecule is CC(C)(C)C(=O)N1CCCC(c2ccc(Cl)c(Cl)c2F)C1. The predicted molar refractivity (Wildman–Crippen MR) is 84.4 cm³/mol. The zero-order valence-corrected chi connectivity index (χ0v) is 14.1. The minimum absolute atomic E-state index is 0.0279. The van der Waals surface area contributed by atoms with Crippen molar-refractivity contribution < 1.29 is 9.18 Å². The third-order valence-electron chi connectivity index (χ3n) is 3.86. The summed E-state index contributed by atoms with van der Waals surface area (Å²) in [6, 6.07) is 3.30. The number of benzene rings is 1. The Morgan fingerprint density at radius 2 is 2.00 bits per heavy atom. The van der Waals surface area contributed by atoms with Gasteiger partial charge in [-0.15, -0.1) is 0 Å². The number of carbonyl (C=O) groups excluding carboxylic acids is 1. The molecule has 0 radical (unpaired) electrons. The first-order valence-electron chi connectivity index (χ1n) is 7.14. The van der Waals surface area contributed by atoms with E-state index >= 15 is 0 Å². The van der Waals surface area contributed by atoms with Crippen LogP contribution in [0.25, 0.3) is 0 Å². The van der Waals surface area contributed by atoms with Crippen molar-refractivity contribution in [3.05, 3.63) is 33.6 Å². The van der Waals surface area contributed by atoms with Crippen LogP contribution < -0.4 is 0 Å². The molecule has 0 aliphatic carbocycles. The Hall–Kier alpha value is -0.800. The predicted octanol–water partition coefficient (Wildman–Crippen LogP) is 4.88. The molecule has 0 N–H and O–H groups in total. The average molecular weight is 332 g/mol. The number of halogens is 3. The van der Waals surface area contributed by atoms with Gasteiger partial charge in [-0.3, -0.25) is 4.79 Å². The van der Waals surface area contributed by atoms with Crippen molar-refractivity contribution in [2.24, 2.45) is 5.41 Å². The van der Waals surface area contributed by atoms with Crippen LogP contribution in [0.5, 0.6) is 0 Å². The number of amides is 1. The van der Waals surface area contributed by atoms with Gasteiger partial charge in [-0.05, 0) is 24.5 Å². The topological polar surface area (TPSA) is 20.3 Å². The van der Waals surface area contributed by atoms with Gasteiger partial charge in [0.25, 0.3) is 0 Å². The van der Waals surface area contributed by atoms with E-state index in [1.165, 1.54) is 0 Å². The fraction of sp³-hybridized carbons (Fsp3) is 0.562. The van der Waals surface area contributed by atoms with Gasteiger partial charge in [-0.1, -0.05) is 50.0 Å². The summed E-state index contributed by atoms with van der Waals surface area (Å²) in [4.78, 5) is 14.2. The molecule has 5 heteroatoms. The Morgan fingerprint density at radius 1 is 1.33 bits per heavy atom. The summed E-state index contributed by atoms with van der Waals surface area (Å²) in [7, 11) is 0. The molecular weight excluding hydrogens is 312 g/mol. The van der Waals surface area contributed by atoms with Crippen LogP contribution in [0.2, 0.25) is 10.0 Å². The van der Waals surface area contributed by atoms with Gasteiger partial charge in [0.15, 0.2) is 0 Å². The summed E-state index contributed by atoms with van der Waals surface area (Å²) in [5.74, 6) is -0.383. The second-order valence-electron chi connectivity index (χ2n) is 6.60. The molecule has 1 aliphatic heterocycles. The summed E-state index contributed by atoms with van der Waals surface area (Å²) >= 11 is 11.7. The van der Waals surface area contributed by atoms with Gasteiger partial charge in [0.1, 0.15) is 5.82 Å². The van der Waals surface area contributed by atoms with E-state index in [1.54, 1.807) is 12.1 Å². The van der Waals surface area contributed by atoms with Crippen LogP contribution in [0.15, 0.2) is 12.1 Å². The highest BCUT2D eigenvalue weighted by Gasteiger charge is 2.32. The van der Waals surface area contributed by atoms with E-state index < -0.39 is 11.2 Å². The molecule has 1 heterocycles. The summed E-state index contributed by atoms with van der Waals surface area (Å²) in [5.41, 5.74) is 0.133. The normalized spacial score (nSPS) is 19.7. The molecule has 0 spiro atoms. The first kappa shape index (κ1) is 16.6. The van der Waals surface area contributed by atoms with Crippen LogP contribution in [-0.4, -0.2) is 23.9 Å². The molecule has 1 aromatic carbocycles. The summed E-state index contributed by atoms with van der Waals surface area (Å²) < 4.78 is 14.3. The molecule has 2 nitrogen and oxygen atoms in total. The molecule has 0 bridgehead atoms. The van der Waals surface area contributed by atoms with Gasteiger partial charge in [-0.25, -0.2) is 4.39 Å². The third kappa shape index (κ3) is 3.51. The Labute approximate surface area is 135 Å². The lowest BCUT2D eigenvalue weighted by atomic mass is 9.87. The molecule has 116 valence electrons. The van der Waals surface area contributed by atoms with Gasteiger partial charge < -0.3 is 4.90 Å². The average Bonchev–Trinajstić information content (AvgIpc) is 2.43. The smallest absolute Gasteiger partial charge is 0.227 e. The van der Waals surface area contributed by atoms with Crippen molar-refractivity contribution in [1.29, 1.82) is 0 Å². The standard InChI is InChI=1S/C16H20Cl2FNO/c1-16(2,3)15(21)20-8-4-5-10(9-20)11-6-7-12(17)13(18)14(11)19/h6-7,10H,4-5,8-9H2,1-3H3. The number of nitrogens with zero attached hydrogens (tertiary/aromatic N) is 1. The maximum absolute atomic E-state index is 14.3. The van der Waals surface area contributed by atoms with E-state index in [0.717, 1.165) is 19.4 Å². The molecule has 21 heavy (non-hydrogen) atoms. The lowest BCUT2D eigenvalue weighted by Crippen LogP contribution is -2.44. The van der Waals surface area contributed by atoms with Crippen molar-refractivity contribution in [3.8, 4) is 0 Å². The van der Waals surface area contributed by atoms with E-state index in [0.29, 0.717) is 12.1 Å². The van der Waals surface area contributed by atoms with Crippen LogP contribution in [0, 0.1) is 11.2 Å². The van der Waals surface area contributed by atoms with Gasteiger partial charge in [-0.2, -0.15) is 0 Å². The largest absolute Gasteiger partial charge is 0.342 e. The van der Waals surface area contributed by atoms with Crippen LogP contribution in [0.4, 0.5) is 4.39 Å². The molecule has 0 aromatic heterocycles. The Balaban J connectivity index is 2.23. The number of carbonyl (C=O) groups is 1. The minimum Gasteiger partial charge on any atom is -0.342 e. The fourth-order valence-electron chi connectivity index (χ4n) is 2.75. The van der Waals surface area contributed by atoms with Crippen molar-refractivity contribution in [2.45, 2.75) is 39.5 Å². The number of hydrogen-bond acceptors (Lipinski definition) is 1. The highest BCUT2D eigenvalue weighted by Crippen LogP contribution is 2.35. The van der Waals surface area contributed by atoms with Gasteiger partial charge in [0.05, 0.1) is 10.0 Å². The van der Waals surface area contributed by atoms with Crippen LogP contribution >= 0.6 is 23.2 Å². The van der Waals surface area contributed by atoms with Crippen molar-refractivity contribution in [2.75, 3.05) is 13.1 Å². The first-order valence-corrected chi connectivity index (χ1v) is 7.90. The lowest BCUT2D eigenvalue weighted by molar-refractivity contribution is -0.140. The van der Waals surface area contributed by atoms with Gasteiger partial charge >= 0.3 is 0 Å². The van der Waals surface area contributed by atoms with Crippen molar-refractivity contribution >= 4 is 29.1 Å². The highest BCUT2D eigenvalue weighted by atomic mass is 35.5. The van der Waals surface area contributed by atoms with Crippen LogP contribution in [0.3, 0.4) is 0 Å². The molecule has 1 aliphatic rings. The molecular formula is C16H20Cl2FNO. The molecule has 1 aromatic rings. The molecule has 1 fully saturated rings. The van der Waals surface area contributed by atoms with Crippen LogP contribution in [0.1, 0.15) is 45.1 Å². The zero-order chi connectivity index (χ0) is 15.8. The minimum atomic E-state index is -0.459. The van der Waals surface area contributed by atoms with E-state index in [2.05, 4.69) is 0 Å². The third-order valence-corrected chi connectivity index (χ3v) is 4.64. The molecule has 1 saturated heterocycles. The number of piperidine rings is 1. The molecule has 1 amide bonds. The molecule has 1 atom stereocenters.